The van der Waals surface area contributed by atoms with E-state index in [1.165, 1.54) is 0 Å². The van der Waals surface area contributed by atoms with Crippen LogP contribution in [0.2, 0.25) is 0 Å². The van der Waals surface area contributed by atoms with E-state index in [1.807, 2.05) is 30.8 Å². The number of Topliss-reactive ketones (excluding diaryl/α,β-unsaturated/α-hetero) is 1. The summed E-state index contributed by atoms with van der Waals surface area (Å²) in [5.74, 6) is 0.324. The molecule has 0 aromatic carbocycles. The van der Waals surface area contributed by atoms with Gasteiger partial charge in [-0.25, -0.2) is 0 Å². The maximum Gasteiger partial charge on any atom is 0.242 e. The van der Waals surface area contributed by atoms with Crippen molar-refractivity contribution in [2.45, 2.75) is 39.7 Å². The highest BCUT2D eigenvalue weighted by molar-refractivity contribution is 5.98. The number of nitrogens with zero attached hydrogens (tertiary/aromatic N) is 2. The lowest BCUT2D eigenvalue weighted by atomic mass is 9.95. The Labute approximate surface area is 108 Å². The van der Waals surface area contributed by atoms with Crippen LogP contribution >= 0.6 is 0 Å². The van der Waals surface area contributed by atoms with E-state index < -0.39 is 0 Å². The van der Waals surface area contributed by atoms with Gasteiger partial charge in [-0.2, -0.15) is 0 Å². The van der Waals surface area contributed by atoms with Gasteiger partial charge in [-0.15, -0.1) is 0 Å². The Morgan fingerprint density at radius 1 is 1.28 bits per heavy atom. The third kappa shape index (κ3) is 2.47. The lowest BCUT2D eigenvalue weighted by Gasteiger charge is -2.18. The second-order valence-electron chi connectivity index (χ2n) is 4.71. The van der Waals surface area contributed by atoms with E-state index >= 15 is 0 Å². The number of ketones is 1. The van der Waals surface area contributed by atoms with Crippen LogP contribution in [0, 0.1) is 0 Å². The third-order valence-electron chi connectivity index (χ3n) is 3.55. The highest BCUT2D eigenvalue weighted by atomic mass is 16.2. The zero-order valence-corrected chi connectivity index (χ0v) is 11.1. The summed E-state index contributed by atoms with van der Waals surface area (Å²) in [6.45, 7) is 5.75. The van der Waals surface area contributed by atoms with Gasteiger partial charge in [0.25, 0.3) is 0 Å². The van der Waals surface area contributed by atoms with Gasteiger partial charge in [0.2, 0.25) is 5.91 Å². The van der Waals surface area contributed by atoms with Crippen molar-refractivity contribution in [2.75, 3.05) is 13.1 Å². The molecule has 2 rings (SSSR count). The minimum Gasteiger partial charge on any atom is -0.344 e. The summed E-state index contributed by atoms with van der Waals surface area (Å²) in [4.78, 5) is 25.5. The zero-order valence-electron chi connectivity index (χ0n) is 11.1. The van der Waals surface area contributed by atoms with E-state index in [1.54, 1.807) is 4.90 Å². The van der Waals surface area contributed by atoms with E-state index in [-0.39, 0.29) is 11.7 Å². The van der Waals surface area contributed by atoms with Crippen molar-refractivity contribution in [1.29, 1.82) is 0 Å². The highest BCUT2D eigenvalue weighted by Crippen LogP contribution is 2.22. The summed E-state index contributed by atoms with van der Waals surface area (Å²) in [5, 5.41) is 0. The molecule has 0 aliphatic heterocycles. The quantitative estimate of drug-likeness (QED) is 0.816. The van der Waals surface area contributed by atoms with Gasteiger partial charge in [0.15, 0.2) is 5.78 Å². The normalized spacial score (nSPS) is 14.4. The van der Waals surface area contributed by atoms with Crippen LogP contribution in [-0.2, 0) is 17.8 Å². The van der Waals surface area contributed by atoms with Crippen LogP contribution in [0.25, 0.3) is 0 Å². The monoisotopic (exact) mass is 248 g/mol. The van der Waals surface area contributed by atoms with Gasteiger partial charge in [-0.1, -0.05) is 0 Å². The lowest BCUT2D eigenvalue weighted by Crippen LogP contribution is -2.33. The number of hydrogen-bond acceptors (Lipinski definition) is 2. The van der Waals surface area contributed by atoms with Crippen molar-refractivity contribution < 1.29 is 9.59 Å². The summed E-state index contributed by atoms with van der Waals surface area (Å²) >= 11 is 0. The molecule has 0 radical (unpaired) electrons. The topological polar surface area (TPSA) is 42.3 Å². The van der Waals surface area contributed by atoms with Gasteiger partial charge in [0.1, 0.15) is 6.54 Å². The van der Waals surface area contributed by atoms with Gasteiger partial charge in [-0.05, 0) is 32.3 Å². The predicted octanol–water partition coefficient (Wildman–Crippen LogP) is 1.88. The summed E-state index contributed by atoms with van der Waals surface area (Å²) < 4.78 is 1.86. The SMILES string of the molecule is CCN(CC)C(=O)Cn1cc2c(c1)C(=O)CCC2. The first kappa shape index (κ1) is 12.9. The van der Waals surface area contributed by atoms with Gasteiger partial charge in [0.05, 0.1) is 0 Å². The number of aromatic nitrogens is 1. The Morgan fingerprint density at radius 3 is 2.61 bits per heavy atom. The van der Waals surface area contributed by atoms with Gasteiger partial charge < -0.3 is 9.47 Å². The number of carbonyl (C=O) groups excluding carboxylic acids is 2. The molecule has 0 fully saturated rings. The van der Waals surface area contributed by atoms with Crippen molar-refractivity contribution in [2.24, 2.45) is 0 Å². The Morgan fingerprint density at radius 2 is 2.00 bits per heavy atom. The summed E-state index contributed by atoms with van der Waals surface area (Å²) in [6.07, 6.45) is 6.31. The fourth-order valence-electron chi connectivity index (χ4n) is 2.50. The number of fused-ring (bicyclic) bond motifs is 1. The van der Waals surface area contributed by atoms with Crippen LogP contribution in [-0.4, -0.2) is 34.2 Å². The van der Waals surface area contributed by atoms with Crippen molar-refractivity contribution in [3.63, 3.8) is 0 Å². The van der Waals surface area contributed by atoms with Gasteiger partial charge >= 0.3 is 0 Å². The molecule has 0 atom stereocenters. The molecule has 1 aromatic heterocycles. The molecule has 18 heavy (non-hydrogen) atoms. The summed E-state index contributed by atoms with van der Waals surface area (Å²) in [6, 6.07) is 0. The van der Waals surface area contributed by atoms with Crippen LogP contribution in [0.3, 0.4) is 0 Å². The summed E-state index contributed by atoms with van der Waals surface area (Å²) in [5.41, 5.74) is 1.91. The molecule has 0 saturated heterocycles. The molecule has 98 valence electrons. The molecule has 4 heteroatoms. The Bertz CT molecular complexity index is 458. The number of carbonyl (C=O) groups is 2. The van der Waals surface area contributed by atoms with Crippen LogP contribution in [0.1, 0.15) is 42.6 Å². The molecule has 0 spiro atoms. The van der Waals surface area contributed by atoms with E-state index in [4.69, 9.17) is 0 Å². The van der Waals surface area contributed by atoms with Crippen LogP contribution in [0.5, 0.6) is 0 Å². The Balaban J connectivity index is 2.11. The zero-order chi connectivity index (χ0) is 13.1. The first-order valence-electron chi connectivity index (χ1n) is 6.65. The predicted molar refractivity (Wildman–Crippen MR) is 69.6 cm³/mol. The van der Waals surface area contributed by atoms with Crippen LogP contribution in [0.15, 0.2) is 12.4 Å². The van der Waals surface area contributed by atoms with Gasteiger partial charge in [-0.3, -0.25) is 9.59 Å². The van der Waals surface area contributed by atoms with Crippen molar-refractivity contribution in [1.82, 2.24) is 9.47 Å². The van der Waals surface area contributed by atoms with Crippen LogP contribution in [0.4, 0.5) is 0 Å². The first-order valence-corrected chi connectivity index (χ1v) is 6.65. The maximum absolute atomic E-state index is 12.0. The molecule has 0 N–H and O–H groups in total. The van der Waals surface area contributed by atoms with Crippen molar-refractivity contribution >= 4 is 11.7 Å². The van der Waals surface area contributed by atoms with E-state index in [0.29, 0.717) is 13.0 Å². The fourth-order valence-corrected chi connectivity index (χ4v) is 2.50. The number of aryl methyl sites for hydroxylation is 1. The van der Waals surface area contributed by atoms with Crippen molar-refractivity contribution in [3.8, 4) is 0 Å². The number of hydrogen-bond donors (Lipinski definition) is 0. The largest absolute Gasteiger partial charge is 0.344 e. The first-order chi connectivity index (χ1) is 8.65. The minimum absolute atomic E-state index is 0.111. The Hall–Kier alpha value is -1.58. The molecular weight excluding hydrogens is 228 g/mol. The lowest BCUT2D eigenvalue weighted by molar-refractivity contribution is -0.131. The number of likely N-dealkylation sites (N-methyl/N-ethyl adjacent to an activating group) is 1. The molecule has 1 aromatic rings. The van der Waals surface area contributed by atoms with E-state index in [2.05, 4.69) is 0 Å². The molecule has 4 nitrogen and oxygen atoms in total. The molecule has 1 amide bonds. The minimum atomic E-state index is 0.111. The fraction of sp³-hybridized carbons (Fsp3) is 0.571. The average Bonchev–Trinajstić information content (AvgIpc) is 2.74. The standard InChI is InChI=1S/C14H20N2O2/c1-3-16(4-2)14(18)10-15-8-11-6-5-7-13(17)12(11)9-15/h8-9H,3-7,10H2,1-2H3. The summed E-state index contributed by atoms with van der Waals surface area (Å²) in [7, 11) is 0. The number of rotatable bonds is 4. The molecule has 1 heterocycles. The second kappa shape index (κ2) is 5.38. The van der Waals surface area contributed by atoms with Crippen molar-refractivity contribution in [3.05, 3.63) is 23.5 Å². The van der Waals surface area contributed by atoms with E-state index in [0.717, 1.165) is 37.1 Å². The van der Waals surface area contributed by atoms with Crippen LogP contribution < -0.4 is 0 Å². The molecular formula is C14H20N2O2. The average molecular weight is 248 g/mol. The third-order valence-corrected chi connectivity index (χ3v) is 3.55. The molecule has 0 unspecified atom stereocenters. The second-order valence-corrected chi connectivity index (χ2v) is 4.71. The highest BCUT2D eigenvalue weighted by Gasteiger charge is 2.20. The smallest absolute Gasteiger partial charge is 0.242 e. The maximum atomic E-state index is 12.0. The Kier molecular flexibility index (Phi) is 3.84. The molecule has 1 aliphatic rings. The van der Waals surface area contributed by atoms with Gasteiger partial charge in [0, 0.05) is 37.5 Å². The molecule has 0 bridgehead atoms. The van der Waals surface area contributed by atoms with E-state index in [9.17, 15) is 9.59 Å². The molecule has 0 saturated carbocycles. The molecule has 1 aliphatic carbocycles. The number of amides is 1.